The number of carbonyl (C=O) groups is 2. The van der Waals surface area contributed by atoms with E-state index in [0.717, 1.165) is 19.3 Å². The summed E-state index contributed by atoms with van der Waals surface area (Å²) >= 11 is 0. The van der Waals surface area contributed by atoms with Crippen LogP contribution in [-0.4, -0.2) is 64.3 Å². The van der Waals surface area contributed by atoms with Crippen LogP contribution in [0.3, 0.4) is 0 Å². The lowest BCUT2D eigenvalue weighted by Gasteiger charge is -2.39. The van der Waals surface area contributed by atoms with E-state index in [9.17, 15) is 14.7 Å². The lowest BCUT2D eigenvalue weighted by atomic mass is 9.99. The Balaban J connectivity index is 1.75. The molecule has 1 N–H and O–H groups in total. The molecule has 3 saturated heterocycles. The van der Waals surface area contributed by atoms with E-state index in [2.05, 4.69) is 0 Å². The molecular weight excluding hydrogens is 248 g/mol. The second-order valence-electron chi connectivity index (χ2n) is 5.98. The number of ether oxygens (including phenoxy) is 1. The van der Waals surface area contributed by atoms with E-state index in [1.54, 1.807) is 11.8 Å². The Morgan fingerprint density at radius 3 is 2.47 bits per heavy atom. The fourth-order valence-electron chi connectivity index (χ4n) is 3.43. The van der Waals surface area contributed by atoms with Gasteiger partial charge in [0.2, 0.25) is 0 Å². The zero-order valence-corrected chi connectivity index (χ0v) is 11.2. The molecule has 6 nitrogen and oxygen atoms in total. The maximum absolute atomic E-state index is 12.6. The molecule has 3 heterocycles. The second-order valence-corrected chi connectivity index (χ2v) is 5.98. The SMILES string of the molecule is CC1(C(=O)O)CCCN1C(=O)N1CC2CCC(C1)O2. The van der Waals surface area contributed by atoms with Crippen LogP contribution in [0, 0.1) is 0 Å². The lowest BCUT2D eigenvalue weighted by molar-refractivity contribution is -0.147. The third-order valence-electron chi connectivity index (χ3n) is 4.65. The Morgan fingerprint density at radius 2 is 1.89 bits per heavy atom. The quantitative estimate of drug-likeness (QED) is 0.767. The van der Waals surface area contributed by atoms with E-state index in [1.807, 2.05) is 0 Å². The summed E-state index contributed by atoms with van der Waals surface area (Å²) in [5.74, 6) is -0.908. The standard InChI is InChI=1S/C13H20N2O4/c1-13(11(16)17)5-2-6-15(13)12(18)14-7-9-3-4-10(8-14)19-9/h9-10H,2-8H2,1H3,(H,16,17). The van der Waals surface area contributed by atoms with E-state index in [4.69, 9.17) is 4.74 Å². The first-order valence-corrected chi connectivity index (χ1v) is 6.96. The van der Waals surface area contributed by atoms with Gasteiger partial charge in [-0.25, -0.2) is 9.59 Å². The minimum atomic E-state index is -1.05. The van der Waals surface area contributed by atoms with Crippen molar-refractivity contribution < 1.29 is 19.4 Å². The third-order valence-corrected chi connectivity index (χ3v) is 4.65. The van der Waals surface area contributed by atoms with Crippen LogP contribution in [0.15, 0.2) is 0 Å². The number of carboxylic acids is 1. The van der Waals surface area contributed by atoms with Gasteiger partial charge in [-0.15, -0.1) is 0 Å². The van der Waals surface area contributed by atoms with Gasteiger partial charge in [-0.2, -0.15) is 0 Å². The van der Waals surface area contributed by atoms with Crippen LogP contribution >= 0.6 is 0 Å². The highest BCUT2D eigenvalue weighted by atomic mass is 16.5. The average molecular weight is 268 g/mol. The summed E-state index contributed by atoms with van der Waals surface area (Å²) in [7, 11) is 0. The number of carbonyl (C=O) groups excluding carboxylic acids is 1. The van der Waals surface area contributed by atoms with Gasteiger partial charge in [0.1, 0.15) is 5.54 Å². The number of nitrogens with zero attached hydrogens (tertiary/aromatic N) is 2. The molecule has 19 heavy (non-hydrogen) atoms. The smallest absolute Gasteiger partial charge is 0.329 e. The first-order valence-electron chi connectivity index (χ1n) is 6.96. The number of rotatable bonds is 1. The Bertz CT molecular complexity index is 401. The monoisotopic (exact) mass is 268 g/mol. The van der Waals surface area contributed by atoms with Gasteiger partial charge in [-0.3, -0.25) is 0 Å². The zero-order chi connectivity index (χ0) is 13.6. The number of morpholine rings is 1. The van der Waals surface area contributed by atoms with E-state index >= 15 is 0 Å². The molecule has 3 rings (SSSR count). The molecule has 3 aliphatic rings. The highest BCUT2D eigenvalue weighted by Gasteiger charge is 2.48. The van der Waals surface area contributed by atoms with Gasteiger partial charge in [-0.05, 0) is 32.6 Å². The van der Waals surface area contributed by atoms with Crippen LogP contribution in [-0.2, 0) is 9.53 Å². The molecule has 3 fully saturated rings. The molecule has 106 valence electrons. The van der Waals surface area contributed by atoms with Crippen molar-refractivity contribution in [1.82, 2.24) is 9.80 Å². The molecule has 2 bridgehead atoms. The summed E-state index contributed by atoms with van der Waals surface area (Å²) in [6.45, 7) is 3.38. The Labute approximate surface area is 112 Å². The normalized spacial score (nSPS) is 37.7. The average Bonchev–Trinajstić information content (AvgIpc) is 2.92. The summed E-state index contributed by atoms with van der Waals surface area (Å²) < 4.78 is 5.71. The maximum Gasteiger partial charge on any atom is 0.329 e. The first kappa shape index (κ1) is 12.7. The fraction of sp³-hybridized carbons (Fsp3) is 0.846. The number of fused-ring (bicyclic) bond motifs is 2. The number of amides is 2. The van der Waals surface area contributed by atoms with Crippen LogP contribution in [0.4, 0.5) is 4.79 Å². The van der Waals surface area contributed by atoms with Crippen molar-refractivity contribution in [2.45, 2.75) is 50.4 Å². The zero-order valence-electron chi connectivity index (χ0n) is 11.2. The molecule has 0 aromatic carbocycles. The molecule has 0 spiro atoms. The first-order chi connectivity index (χ1) is 9.00. The minimum Gasteiger partial charge on any atom is -0.480 e. The van der Waals surface area contributed by atoms with Gasteiger partial charge in [0.25, 0.3) is 0 Å². The number of carboxylic acid groups (broad SMARTS) is 1. The van der Waals surface area contributed by atoms with Crippen molar-refractivity contribution in [2.24, 2.45) is 0 Å². The molecular formula is C13H20N2O4. The Hall–Kier alpha value is -1.30. The van der Waals surface area contributed by atoms with Crippen LogP contribution < -0.4 is 0 Å². The number of likely N-dealkylation sites (tertiary alicyclic amines) is 2. The molecule has 3 aliphatic heterocycles. The molecule has 0 saturated carbocycles. The molecule has 3 atom stereocenters. The number of hydrogen-bond acceptors (Lipinski definition) is 3. The molecule has 0 aromatic rings. The van der Waals surface area contributed by atoms with Crippen molar-refractivity contribution in [1.29, 1.82) is 0 Å². The molecule has 6 heteroatoms. The summed E-state index contributed by atoms with van der Waals surface area (Å²) in [5.41, 5.74) is -1.05. The van der Waals surface area contributed by atoms with Crippen LogP contribution in [0.2, 0.25) is 0 Å². The van der Waals surface area contributed by atoms with Crippen molar-refractivity contribution in [2.75, 3.05) is 19.6 Å². The molecule has 0 aromatic heterocycles. The summed E-state index contributed by atoms with van der Waals surface area (Å²) in [6.07, 6.45) is 3.58. The van der Waals surface area contributed by atoms with E-state index < -0.39 is 11.5 Å². The second kappa shape index (κ2) is 4.37. The highest BCUT2D eigenvalue weighted by molar-refractivity contribution is 5.86. The van der Waals surface area contributed by atoms with Crippen molar-refractivity contribution >= 4 is 12.0 Å². The number of aliphatic carboxylic acids is 1. The van der Waals surface area contributed by atoms with Crippen LogP contribution in [0.5, 0.6) is 0 Å². The lowest BCUT2D eigenvalue weighted by Crippen LogP contribution is -2.58. The molecule has 2 amide bonds. The van der Waals surface area contributed by atoms with Gasteiger partial charge < -0.3 is 19.6 Å². The van der Waals surface area contributed by atoms with Gasteiger partial charge in [0.05, 0.1) is 12.2 Å². The summed E-state index contributed by atoms with van der Waals surface area (Å²) in [5, 5.41) is 9.37. The van der Waals surface area contributed by atoms with Crippen molar-refractivity contribution in [3.8, 4) is 0 Å². The minimum absolute atomic E-state index is 0.136. The van der Waals surface area contributed by atoms with E-state index in [-0.39, 0.29) is 18.2 Å². The fourth-order valence-corrected chi connectivity index (χ4v) is 3.43. The van der Waals surface area contributed by atoms with Gasteiger partial charge in [0.15, 0.2) is 0 Å². The van der Waals surface area contributed by atoms with Crippen molar-refractivity contribution in [3.63, 3.8) is 0 Å². The van der Waals surface area contributed by atoms with Gasteiger partial charge in [-0.1, -0.05) is 0 Å². The predicted molar refractivity (Wildman–Crippen MR) is 66.8 cm³/mol. The van der Waals surface area contributed by atoms with E-state index in [0.29, 0.717) is 26.1 Å². The molecule has 0 radical (unpaired) electrons. The topological polar surface area (TPSA) is 70.1 Å². The Morgan fingerprint density at radius 1 is 1.26 bits per heavy atom. The number of urea groups is 1. The molecule has 3 unspecified atom stereocenters. The summed E-state index contributed by atoms with van der Waals surface area (Å²) in [4.78, 5) is 27.3. The van der Waals surface area contributed by atoms with E-state index in [1.165, 1.54) is 4.90 Å². The van der Waals surface area contributed by atoms with Crippen LogP contribution in [0.1, 0.15) is 32.6 Å². The van der Waals surface area contributed by atoms with Gasteiger partial charge in [0, 0.05) is 19.6 Å². The summed E-state index contributed by atoms with van der Waals surface area (Å²) in [6, 6.07) is -0.136. The predicted octanol–water partition coefficient (Wildman–Crippen LogP) is 0.909. The third kappa shape index (κ3) is 1.98. The largest absolute Gasteiger partial charge is 0.480 e. The maximum atomic E-state index is 12.6. The Kier molecular flexibility index (Phi) is 2.92. The van der Waals surface area contributed by atoms with Gasteiger partial charge >= 0.3 is 12.0 Å². The van der Waals surface area contributed by atoms with Crippen LogP contribution in [0.25, 0.3) is 0 Å². The number of hydrogen-bond donors (Lipinski definition) is 1. The highest BCUT2D eigenvalue weighted by Crippen LogP contribution is 2.32. The molecule has 0 aliphatic carbocycles. The van der Waals surface area contributed by atoms with Crippen molar-refractivity contribution in [3.05, 3.63) is 0 Å².